The molecule has 1 heterocycles. The van der Waals surface area contributed by atoms with E-state index in [0.29, 0.717) is 5.75 Å². The van der Waals surface area contributed by atoms with E-state index in [4.69, 9.17) is 4.74 Å². The van der Waals surface area contributed by atoms with Gasteiger partial charge in [-0.2, -0.15) is 0 Å². The lowest BCUT2D eigenvalue weighted by Gasteiger charge is -2.34. The molecule has 1 aromatic rings. The highest BCUT2D eigenvalue weighted by molar-refractivity contribution is 7.85. The lowest BCUT2D eigenvalue weighted by Crippen LogP contribution is -2.53. The Labute approximate surface area is 122 Å². The van der Waals surface area contributed by atoms with Gasteiger partial charge in [-0.25, -0.2) is 0 Å². The molecule has 0 spiro atoms. The zero-order chi connectivity index (χ0) is 14.7. The van der Waals surface area contributed by atoms with Crippen molar-refractivity contribution in [2.45, 2.75) is 37.6 Å². The normalized spacial score (nSPS) is 29.9. The summed E-state index contributed by atoms with van der Waals surface area (Å²) in [7, 11) is 0.319. The van der Waals surface area contributed by atoms with Crippen molar-refractivity contribution in [3.8, 4) is 0 Å². The number of nitrogens with one attached hydrogen (secondary N) is 1. The number of ether oxygens (including phenoxy) is 1. The lowest BCUT2D eigenvalue weighted by atomic mass is 10.0. The molecule has 110 valence electrons. The molecule has 1 aromatic carbocycles. The van der Waals surface area contributed by atoms with E-state index in [1.165, 1.54) is 12.7 Å². The van der Waals surface area contributed by atoms with E-state index >= 15 is 0 Å². The van der Waals surface area contributed by atoms with Crippen LogP contribution in [0.5, 0.6) is 0 Å². The highest BCUT2D eigenvalue weighted by Crippen LogP contribution is 2.26. The number of rotatable bonds is 3. The second kappa shape index (κ2) is 6.50. The van der Waals surface area contributed by atoms with Gasteiger partial charge in [-0.1, -0.05) is 31.2 Å². The average Bonchev–Trinajstić information content (AvgIpc) is 2.49. The molecular weight excluding hydrogens is 274 g/mol. The Balaban J connectivity index is 2.22. The van der Waals surface area contributed by atoms with Crippen molar-refractivity contribution in [1.29, 1.82) is 0 Å². The third-order valence-corrected chi connectivity index (χ3v) is 5.59. The minimum atomic E-state index is -1.04. The van der Waals surface area contributed by atoms with Crippen LogP contribution < -0.4 is 5.32 Å². The molecule has 1 aliphatic rings. The summed E-state index contributed by atoms with van der Waals surface area (Å²) < 4.78 is 17.0. The van der Waals surface area contributed by atoms with Gasteiger partial charge in [0.15, 0.2) is 0 Å². The van der Waals surface area contributed by atoms with Crippen LogP contribution >= 0.6 is 0 Å². The van der Waals surface area contributed by atoms with E-state index in [9.17, 15) is 9.00 Å². The van der Waals surface area contributed by atoms with Gasteiger partial charge in [-0.15, -0.1) is 0 Å². The molecule has 2 rings (SSSR count). The van der Waals surface area contributed by atoms with Crippen molar-refractivity contribution in [1.82, 2.24) is 5.32 Å². The summed E-state index contributed by atoms with van der Waals surface area (Å²) in [6.07, 6.45) is 0.991. The van der Waals surface area contributed by atoms with E-state index in [2.05, 4.69) is 24.4 Å². The topological polar surface area (TPSA) is 55.4 Å². The Morgan fingerprint density at radius 3 is 2.60 bits per heavy atom. The van der Waals surface area contributed by atoms with Crippen molar-refractivity contribution in [3.63, 3.8) is 0 Å². The predicted molar refractivity (Wildman–Crippen MR) is 80.0 cm³/mol. The van der Waals surface area contributed by atoms with E-state index in [1.54, 1.807) is 0 Å². The molecule has 20 heavy (non-hydrogen) atoms. The first-order valence-corrected chi connectivity index (χ1v) is 8.25. The Bertz CT molecular complexity index is 500. The number of hydrogen-bond acceptors (Lipinski definition) is 4. The average molecular weight is 295 g/mol. The number of methoxy groups -OCH3 is 1. The fourth-order valence-electron chi connectivity index (χ4n) is 2.47. The van der Waals surface area contributed by atoms with Crippen LogP contribution in [0.4, 0.5) is 0 Å². The van der Waals surface area contributed by atoms with E-state index in [-0.39, 0.29) is 17.3 Å². The zero-order valence-electron chi connectivity index (χ0n) is 12.1. The van der Waals surface area contributed by atoms with Gasteiger partial charge in [-0.3, -0.25) is 14.3 Å². The van der Waals surface area contributed by atoms with Gasteiger partial charge in [0.05, 0.1) is 18.1 Å². The van der Waals surface area contributed by atoms with E-state index < -0.39 is 16.8 Å². The highest BCUT2D eigenvalue weighted by Gasteiger charge is 2.36. The standard InChI is InChI=1S/C15H21NO3S/c1-4-11-5-7-12(8-6-11)14-10(2)20(18)9-13(16-14)15(17)19-3/h5-8,10,13-14,16H,4,9H2,1-3H3. The molecule has 4 nitrogen and oxygen atoms in total. The molecule has 5 heteroatoms. The molecule has 0 amide bonds. The molecule has 0 saturated carbocycles. The van der Waals surface area contributed by atoms with Gasteiger partial charge in [0.2, 0.25) is 0 Å². The third-order valence-electron chi connectivity index (χ3n) is 3.83. The van der Waals surface area contributed by atoms with Crippen molar-refractivity contribution in [2.75, 3.05) is 12.9 Å². The van der Waals surface area contributed by atoms with Crippen molar-refractivity contribution in [3.05, 3.63) is 35.4 Å². The second-order valence-electron chi connectivity index (χ2n) is 5.07. The van der Waals surface area contributed by atoms with Crippen LogP contribution in [-0.2, 0) is 26.8 Å². The van der Waals surface area contributed by atoms with Crippen LogP contribution in [-0.4, -0.2) is 34.3 Å². The minimum Gasteiger partial charge on any atom is -0.468 e. The molecule has 1 N–H and O–H groups in total. The highest BCUT2D eigenvalue weighted by atomic mass is 32.2. The molecule has 0 aliphatic carbocycles. The zero-order valence-corrected chi connectivity index (χ0v) is 12.9. The van der Waals surface area contributed by atoms with E-state index in [0.717, 1.165) is 12.0 Å². The Kier molecular flexibility index (Phi) is 4.94. The van der Waals surface area contributed by atoms with Crippen LogP contribution in [0.25, 0.3) is 0 Å². The van der Waals surface area contributed by atoms with Crippen molar-refractivity contribution in [2.24, 2.45) is 0 Å². The summed E-state index contributed by atoms with van der Waals surface area (Å²) in [5, 5.41) is 3.25. The second-order valence-corrected chi connectivity index (χ2v) is 6.91. The maximum Gasteiger partial charge on any atom is 0.323 e. The summed E-state index contributed by atoms with van der Waals surface area (Å²) in [6, 6.07) is 7.67. The van der Waals surface area contributed by atoms with Gasteiger partial charge >= 0.3 is 5.97 Å². The summed E-state index contributed by atoms with van der Waals surface area (Å²) in [4.78, 5) is 11.7. The molecule has 1 saturated heterocycles. The molecule has 0 radical (unpaired) electrons. The maximum atomic E-state index is 12.2. The first-order chi connectivity index (χ1) is 9.56. The number of aryl methyl sites for hydroxylation is 1. The van der Waals surface area contributed by atoms with Crippen LogP contribution in [0.3, 0.4) is 0 Å². The minimum absolute atomic E-state index is 0.0246. The number of benzene rings is 1. The van der Waals surface area contributed by atoms with Crippen molar-refractivity contribution >= 4 is 16.8 Å². The van der Waals surface area contributed by atoms with Crippen LogP contribution in [0.2, 0.25) is 0 Å². The van der Waals surface area contributed by atoms with Crippen molar-refractivity contribution < 1.29 is 13.7 Å². The summed E-state index contributed by atoms with van der Waals surface area (Å²) in [5.41, 5.74) is 2.33. The Hall–Kier alpha value is -1.20. The molecule has 1 aliphatic heterocycles. The predicted octanol–water partition coefficient (Wildman–Crippen LogP) is 1.57. The van der Waals surface area contributed by atoms with Gasteiger partial charge in [0, 0.05) is 16.8 Å². The fraction of sp³-hybridized carbons (Fsp3) is 0.533. The summed E-state index contributed by atoms with van der Waals surface area (Å²) >= 11 is 0. The van der Waals surface area contributed by atoms with Crippen LogP contribution in [0, 0.1) is 0 Å². The third kappa shape index (κ3) is 3.10. The SMILES string of the molecule is CCc1ccc(C2NC(C(=O)OC)CS(=O)C2C)cc1. The maximum absolute atomic E-state index is 12.2. The summed E-state index contributed by atoms with van der Waals surface area (Å²) in [5.74, 6) is -0.0300. The smallest absolute Gasteiger partial charge is 0.323 e. The largest absolute Gasteiger partial charge is 0.468 e. The summed E-state index contributed by atoms with van der Waals surface area (Å²) in [6.45, 7) is 4.06. The number of carbonyl (C=O) groups excluding carboxylic acids is 1. The Morgan fingerprint density at radius 2 is 2.05 bits per heavy atom. The molecule has 0 aromatic heterocycles. The first kappa shape index (κ1) is 15.2. The number of esters is 1. The molecule has 1 fully saturated rings. The lowest BCUT2D eigenvalue weighted by molar-refractivity contribution is -0.142. The van der Waals surface area contributed by atoms with E-state index in [1.807, 2.05) is 19.1 Å². The molecule has 4 atom stereocenters. The first-order valence-electron chi connectivity index (χ1n) is 6.86. The van der Waals surface area contributed by atoms with Crippen LogP contribution in [0.15, 0.2) is 24.3 Å². The monoisotopic (exact) mass is 295 g/mol. The van der Waals surface area contributed by atoms with Crippen LogP contribution in [0.1, 0.15) is 31.0 Å². The quantitative estimate of drug-likeness (QED) is 0.860. The Morgan fingerprint density at radius 1 is 1.40 bits per heavy atom. The fourth-order valence-corrected chi connectivity index (χ4v) is 3.88. The van der Waals surface area contributed by atoms with Gasteiger partial charge in [-0.05, 0) is 24.5 Å². The number of carbonyl (C=O) groups is 1. The molecular formula is C15H21NO3S. The molecule has 4 unspecified atom stereocenters. The molecule has 0 bridgehead atoms. The van der Waals surface area contributed by atoms with Gasteiger partial charge in [0.1, 0.15) is 6.04 Å². The number of hydrogen-bond donors (Lipinski definition) is 1. The van der Waals surface area contributed by atoms with Gasteiger partial charge < -0.3 is 4.74 Å². The van der Waals surface area contributed by atoms with Gasteiger partial charge in [0.25, 0.3) is 0 Å².